The standard InChI is InChI=1S/C13H14N2O3/c1-15(2)10-5-3-9(4-6-10)7-12-14-8-11(18-12)13(16)17/h3-6,8H,7H2,1-2H3,(H,16,17). The summed E-state index contributed by atoms with van der Waals surface area (Å²) in [5.41, 5.74) is 2.14. The van der Waals surface area contributed by atoms with Crippen LogP contribution < -0.4 is 4.90 Å². The van der Waals surface area contributed by atoms with Crippen molar-refractivity contribution in [2.24, 2.45) is 0 Å². The van der Waals surface area contributed by atoms with Gasteiger partial charge in [0.15, 0.2) is 5.89 Å². The maximum atomic E-state index is 10.6. The van der Waals surface area contributed by atoms with E-state index < -0.39 is 5.97 Å². The van der Waals surface area contributed by atoms with E-state index in [1.165, 1.54) is 6.20 Å². The largest absolute Gasteiger partial charge is 0.475 e. The fourth-order valence-electron chi connectivity index (χ4n) is 1.58. The smallest absolute Gasteiger partial charge is 0.373 e. The Labute approximate surface area is 105 Å². The molecule has 5 heteroatoms. The van der Waals surface area contributed by atoms with Gasteiger partial charge in [0.05, 0.1) is 6.20 Å². The van der Waals surface area contributed by atoms with E-state index in [2.05, 4.69) is 4.98 Å². The van der Waals surface area contributed by atoms with Crippen molar-refractivity contribution in [2.75, 3.05) is 19.0 Å². The van der Waals surface area contributed by atoms with Gasteiger partial charge in [-0.15, -0.1) is 0 Å². The maximum Gasteiger partial charge on any atom is 0.373 e. The molecule has 18 heavy (non-hydrogen) atoms. The number of anilines is 1. The highest BCUT2D eigenvalue weighted by Crippen LogP contribution is 2.15. The highest BCUT2D eigenvalue weighted by Gasteiger charge is 2.10. The summed E-state index contributed by atoms with van der Waals surface area (Å²) in [5.74, 6) is -0.823. The fourth-order valence-corrected chi connectivity index (χ4v) is 1.58. The third-order valence-corrected chi connectivity index (χ3v) is 2.57. The van der Waals surface area contributed by atoms with Gasteiger partial charge in [0.2, 0.25) is 5.76 Å². The highest BCUT2D eigenvalue weighted by atomic mass is 16.4. The molecule has 0 aliphatic rings. The number of hydrogen-bond acceptors (Lipinski definition) is 4. The molecule has 0 atom stereocenters. The van der Waals surface area contributed by atoms with E-state index in [9.17, 15) is 4.79 Å². The molecule has 1 heterocycles. The minimum atomic E-state index is -1.10. The summed E-state index contributed by atoms with van der Waals surface area (Å²) in [6.07, 6.45) is 1.72. The summed E-state index contributed by atoms with van der Waals surface area (Å²) < 4.78 is 5.11. The van der Waals surface area contributed by atoms with Crippen molar-refractivity contribution < 1.29 is 14.3 Å². The van der Waals surface area contributed by atoms with Crippen molar-refractivity contribution >= 4 is 11.7 Å². The lowest BCUT2D eigenvalue weighted by Gasteiger charge is -2.12. The second-order valence-corrected chi connectivity index (χ2v) is 4.16. The third kappa shape index (κ3) is 2.68. The number of carboxylic acid groups (broad SMARTS) is 1. The Morgan fingerprint density at radius 2 is 2.00 bits per heavy atom. The molecule has 0 radical (unpaired) electrons. The van der Waals surface area contributed by atoms with Crippen LogP contribution in [-0.4, -0.2) is 30.2 Å². The number of rotatable bonds is 4. The molecule has 1 N–H and O–H groups in total. The molecule has 0 saturated heterocycles. The van der Waals surface area contributed by atoms with Crippen molar-refractivity contribution in [1.82, 2.24) is 4.98 Å². The van der Waals surface area contributed by atoms with Gasteiger partial charge in [0, 0.05) is 26.2 Å². The maximum absolute atomic E-state index is 10.6. The Morgan fingerprint density at radius 3 is 2.50 bits per heavy atom. The molecule has 0 amide bonds. The molecule has 1 aromatic carbocycles. The summed E-state index contributed by atoms with van der Waals surface area (Å²) in [6, 6.07) is 7.94. The zero-order chi connectivity index (χ0) is 13.1. The van der Waals surface area contributed by atoms with Gasteiger partial charge in [-0.2, -0.15) is 0 Å². The van der Waals surface area contributed by atoms with Crippen molar-refractivity contribution in [3.05, 3.63) is 47.7 Å². The Kier molecular flexibility index (Phi) is 3.32. The first kappa shape index (κ1) is 12.2. The topological polar surface area (TPSA) is 66.6 Å². The van der Waals surface area contributed by atoms with Gasteiger partial charge in [-0.1, -0.05) is 12.1 Å². The van der Waals surface area contributed by atoms with Crippen LogP contribution in [0.4, 0.5) is 5.69 Å². The van der Waals surface area contributed by atoms with Gasteiger partial charge in [0.1, 0.15) is 0 Å². The average molecular weight is 246 g/mol. The number of carboxylic acids is 1. The number of aromatic carboxylic acids is 1. The summed E-state index contributed by atoms with van der Waals surface area (Å²) in [4.78, 5) is 16.6. The minimum Gasteiger partial charge on any atom is -0.475 e. The van der Waals surface area contributed by atoms with Gasteiger partial charge in [-0.05, 0) is 17.7 Å². The number of nitrogens with zero attached hydrogens (tertiary/aromatic N) is 2. The second kappa shape index (κ2) is 4.91. The molecule has 1 aromatic heterocycles. The monoisotopic (exact) mass is 246 g/mol. The first-order valence-electron chi connectivity index (χ1n) is 5.50. The Bertz CT molecular complexity index is 544. The molecule has 0 fully saturated rings. The number of benzene rings is 1. The molecular weight excluding hydrogens is 232 g/mol. The number of carbonyl (C=O) groups is 1. The summed E-state index contributed by atoms with van der Waals surface area (Å²) in [7, 11) is 3.95. The van der Waals surface area contributed by atoms with Gasteiger partial charge in [-0.3, -0.25) is 0 Å². The lowest BCUT2D eigenvalue weighted by molar-refractivity contribution is 0.0660. The van der Waals surface area contributed by atoms with Crippen molar-refractivity contribution in [3.8, 4) is 0 Å². The molecular formula is C13H14N2O3. The van der Waals surface area contributed by atoms with Gasteiger partial charge in [-0.25, -0.2) is 9.78 Å². The Hall–Kier alpha value is -2.30. The van der Waals surface area contributed by atoms with Crippen LogP contribution in [-0.2, 0) is 6.42 Å². The van der Waals surface area contributed by atoms with Gasteiger partial charge >= 0.3 is 5.97 Å². The number of oxazole rings is 1. The van der Waals surface area contributed by atoms with Crippen LogP contribution in [0.2, 0.25) is 0 Å². The van der Waals surface area contributed by atoms with E-state index in [0.29, 0.717) is 12.3 Å². The molecule has 0 saturated carbocycles. The highest BCUT2D eigenvalue weighted by molar-refractivity contribution is 5.83. The summed E-state index contributed by atoms with van der Waals surface area (Å²) >= 11 is 0. The third-order valence-electron chi connectivity index (χ3n) is 2.57. The van der Waals surface area contributed by atoms with E-state index in [0.717, 1.165) is 11.3 Å². The molecule has 0 bridgehead atoms. The van der Waals surface area contributed by atoms with Gasteiger partial charge < -0.3 is 14.4 Å². The van der Waals surface area contributed by atoms with E-state index in [-0.39, 0.29) is 5.76 Å². The first-order valence-corrected chi connectivity index (χ1v) is 5.50. The second-order valence-electron chi connectivity index (χ2n) is 4.16. The quantitative estimate of drug-likeness (QED) is 0.894. The van der Waals surface area contributed by atoms with E-state index in [1.807, 2.05) is 43.3 Å². The van der Waals surface area contributed by atoms with Crippen molar-refractivity contribution in [3.63, 3.8) is 0 Å². The van der Waals surface area contributed by atoms with E-state index in [1.54, 1.807) is 0 Å². The predicted molar refractivity (Wildman–Crippen MR) is 67.0 cm³/mol. The summed E-state index contributed by atoms with van der Waals surface area (Å²) in [5, 5.41) is 8.72. The van der Waals surface area contributed by atoms with Crippen LogP contribution in [0.25, 0.3) is 0 Å². The fraction of sp³-hybridized carbons (Fsp3) is 0.231. The Balaban J connectivity index is 2.10. The number of aromatic nitrogens is 1. The Morgan fingerprint density at radius 1 is 1.33 bits per heavy atom. The van der Waals surface area contributed by atoms with Crippen molar-refractivity contribution in [1.29, 1.82) is 0 Å². The predicted octanol–water partition coefficient (Wildman–Crippen LogP) is 2.03. The average Bonchev–Trinajstić information content (AvgIpc) is 2.78. The van der Waals surface area contributed by atoms with Crippen LogP contribution >= 0.6 is 0 Å². The molecule has 94 valence electrons. The lowest BCUT2D eigenvalue weighted by Crippen LogP contribution is -2.08. The molecule has 0 aliphatic heterocycles. The molecule has 0 aliphatic carbocycles. The molecule has 0 unspecified atom stereocenters. The molecule has 5 nitrogen and oxygen atoms in total. The summed E-state index contributed by atoms with van der Waals surface area (Å²) in [6.45, 7) is 0. The van der Waals surface area contributed by atoms with Crippen LogP contribution in [0.5, 0.6) is 0 Å². The zero-order valence-electron chi connectivity index (χ0n) is 10.3. The van der Waals surface area contributed by atoms with Crippen LogP contribution in [0, 0.1) is 0 Å². The van der Waals surface area contributed by atoms with E-state index in [4.69, 9.17) is 9.52 Å². The van der Waals surface area contributed by atoms with Crippen LogP contribution in [0.3, 0.4) is 0 Å². The molecule has 2 aromatic rings. The normalized spacial score (nSPS) is 10.3. The van der Waals surface area contributed by atoms with Gasteiger partial charge in [0.25, 0.3) is 0 Å². The first-order chi connectivity index (χ1) is 8.56. The van der Waals surface area contributed by atoms with Crippen LogP contribution in [0.1, 0.15) is 22.0 Å². The van der Waals surface area contributed by atoms with E-state index >= 15 is 0 Å². The minimum absolute atomic E-state index is 0.130. The SMILES string of the molecule is CN(C)c1ccc(Cc2ncc(C(=O)O)o2)cc1. The van der Waals surface area contributed by atoms with Crippen molar-refractivity contribution in [2.45, 2.75) is 6.42 Å². The molecule has 0 spiro atoms. The molecule has 2 rings (SSSR count). The van der Waals surface area contributed by atoms with Crippen LogP contribution in [0.15, 0.2) is 34.9 Å². The number of hydrogen-bond donors (Lipinski definition) is 1. The zero-order valence-corrected chi connectivity index (χ0v) is 10.3. The lowest BCUT2D eigenvalue weighted by atomic mass is 10.1.